The lowest BCUT2D eigenvalue weighted by Gasteiger charge is -2.13. The van der Waals surface area contributed by atoms with Gasteiger partial charge < -0.3 is 10.0 Å². The van der Waals surface area contributed by atoms with Gasteiger partial charge in [0, 0.05) is 13.1 Å². The lowest BCUT2D eigenvalue weighted by atomic mass is 10.1. The predicted molar refractivity (Wildman–Crippen MR) is 71.3 cm³/mol. The Morgan fingerprint density at radius 1 is 1.00 bits per heavy atom. The van der Waals surface area contributed by atoms with Crippen LogP contribution in [0.15, 0.2) is 36.4 Å². The Balaban J connectivity index is 1.81. The number of amides is 1. The van der Waals surface area contributed by atoms with E-state index in [1.54, 1.807) is 11.0 Å². The van der Waals surface area contributed by atoms with Gasteiger partial charge in [-0.05, 0) is 23.3 Å². The van der Waals surface area contributed by atoms with Crippen molar-refractivity contribution in [1.82, 2.24) is 4.90 Å². The molecule has 1 aliphatic rings. The van der Waals surface area contributed by atoms with E-state index >= 15 is 0 Å². The SMILES string of the molecule is O=C(O)c1ccc(C(=O)N2Cc3ccccc3C2)s1. The molecule has 0 radical (unpaired) electrons. The molecule has 0 unspecified atom stereocenters. The minimum absolute atomic E-state index is 0.103. The van der Waals surface area contributed by atoms with Crippen LogP contribution < -0.4 is 0 Å². The molecule has 1 aromatic carbocycles. The number of carbonyl (C=O) groups excluding carboxylic acids is 1. The zero-order valence-corrected chi connectivity index (χ0v) is 10.8. The van der Waals surface area contributed by atoms with E-state index in [0.717, 1.165) is 22.5 Å². The molecule has 0 aliphatic carbocycles. The summed E-state index contributed by atoms with van der Waals surface area (Å²) in [6, 6.07) is 11.0. The maximum Gasteiger partial charge on any atom is 0.345 e. The van der Waals surface area contributed by atoms with E-state index in [1.807, 2.05) is 24.3 Å². The van der Waals surface area contributed by atoms with Crippen molar-refractivity contribution in [2.45, 2.75) is 13.1 Å². The number of carboxylic acid groups (broad SMARTS) is 1. The van der Waals surface area contributed by atoms with Crippen LogP contribution in [-0.2, 0) is 13.1 Å². The van der Waals surface area contributed by atoms with E-state index in [-0.39, 0.29) is 10.8 Å². The molecule has 4 nitrogen and oxygen atoms in total. The number of thiophene rings is 1. The molecule has 0 saturated carbocycles. The third-order valence-corrected chi connectivity index (χ3v) is 4.22. The van der Waals surface area contributed by atoms with Gasteiger partial charge in [-0.2, -0.15) is 0 Å². The van der Waals surface area contributed by atoms with Crippen molar-refractivity contribution in [3.05, 3.63) is 57.3 Å². The van der Waals surface area contributed by atoms with Crippen molar-refractivity contribution in [3.8, 4) is 0 Å². The Labute approximate surface area is 113 Å². The summed E-state index contributed by atoms with van der Waals surface area (Å²) < 4.78 is 0. The highest BCUT2D eigenvalue weighted by Crippen LogP contribution is 2.26. The zero-order valence-electron chi connectivity index (χ0n) is 10.00. The average molecular weight is 273 g/mol. The van der Waals surface area contributed by atoms with Crippen molar-refractivity contribution in [2.75, 3.05) is 0 Å². The average Bonchev–Trinajstić information content (AvgIpc) is 3.04. The third-order valence-electron chi connectivity index (χ3n) is 3.16. The van der Waals surface area contributed by atoms with Gasteiger partial charge in [0.1, 0.15) is 4.88 Å². The monoisotopic (exact) mass is 273 g/mol. The van der Waals surface area contributed by atoms with Crippen molar-refractivity contribution in [3.63, 3.8) is 0 Å². The molecular weight excluding hydrogens is 262 g/mol. The summed E-state index contributed by atoms with van der Waals surface area (Å²) in [5.74, 6) is -1.09. The highest BCUT2D eigenvalue weighted by Gasteiger charge is 2.25. The maximum absolute atomic E-state index is 12.3. The number of aromatic carboxylic acids is 1. The number of rotatable bonds is 2. The quantitative estimate of drug-likeness (QED) is 0.915. The van der Waals surface area contributed by atoms with Crippen molar-refractivity contribution in [1.29, 1.82) is 0 Å². The summed E-state index contributed by atoms with van der Waals surface area (Å²) in [5.41, 5.74) is 2.32. The lowest BCUT2D eigenvalue weighted by molar-refractivity contribution is 0.0701. The Hall–Kier alpha value is -2.14. The number of hydrogen-bond donors (Lipinski definition) is 1. The second kappa shape index (κ2) is 4.51. The van der Waals surface area contributed by atoms with Crippen LogP contribution in [0.2, 0.25) is 0 Å². The number of carbonyl (C=O) groups is 2. The van der Waals surface area contributed by atoms with Crippen LogP contribution in [0, 0.1) is 0 Å². The molecule has 1 aromatic heterocycles. The van der Waals surface area contributed by atoms with Gasteiger partial charge >= 0.3 is 5.97 Å². The molecule has 3 rings (SSSR count). The van der Waals surface area contributed by atoms with E-state index in [0.29, 0.717) is 18.0 Å². The minimum Gasteiger partial charge on any atom is -0.477 e. The second-order valence-electron chi connectivity index (χ2n) is 4.40. The predicted octanol–water partition coefficient (Wildman–Crippen LogP) is 2.60. The molecule has 0 atom stereocenters. The Morgan fingerprint density at radius 3 is 2.11 bits per heavy atom. The van der Waals surface area contributed by atoms with Gasteiger partial charge in [-0.25, -0.2) is 4.79 Å². The van der Waals surface area contributed by atoms with Crippen molar-refractivity contribution in [2.24, 2.45) is 0 Å². The first-order chi connectivity index (χ1) is 9.15. The smallest absolute Gasteiger partial charge is 0.345 e. The Morgan fingerprint density at radius 2 is 1.58 bits per heavy atom. The summed E-state index contributed by atoms with van der Waals surface area (Å²) in [4.78, 5) is 25.5. The zero-order chi connectivity index (χ0) is 13.4. The fourth-order valence-corrected chi connectivity index (χ4v) is 3.01. The van der Waals surface area contributed by atoms with Gasteiger partial charge in [-0.15, -0.1) is 11.3 Å². The van der Waals surface area contributed by atoms with Crippen molar-refractivity contribution >= 4 is 23.2 Å². The van der Waals surface area contributed by atoms with Crippen LogP contribution in [0.25, 0.3) is 0 Å². The largest absolute Gasteiger partial charge is 0.477 e. The number of nitrogens with zero attached hydrogens (tertiary/aromatic N) is 1. The fourth-order valence-electron chi connectivity index (χ4n) is 2.20. The summed E-state index contributed by atoms with van der Waals surface area (Å²) in [6.45, 7) is 1.19. The van der Waals surface area contributed by atoms with Crippen LogP contribution in [0.4, 0.5) is 0 Å². The molecule has 1 aliphatic heterocycles. The van der Waals surface area contributed by atoms with Crippen LogP contribution in [0.3, 0.4) is 0 Å². The molecule has 2 aromatic rings. The maximum atomic E-state index is 12.3. The molecule has 0 saturated heterocycles. The molecule has 2 heterocycles. The molecular formula is C14H11NO3S. The van der Waals surface area contributed by atoms with Crippen LogP contribution in [0.5, 0.6) is 0 Å². The first-order valence-corrected chi connectivity index (χ1v) is 6.66. The van der Waals surface area contributed by atoms with Gasteiger partial charge in [0.25, 0.3) is 5.91 Å². The van der Waals surface area contributed by atoms with Gasteiger partial charge in [0.15, 0.2) is 0 Å². The van der Waals surface area contributed by atoms with E-state index in [9.17, 15) is 9.59 Å². The van der Waals surface area contributed by atoms with E-state index < -0.39 is 5.97 Å². The van der Waals surface area contributed by atoms with Crippen LogP contribution in [0.1, 0.15) is 30.5 Å². The summed E-state index contributed by atoms with van der Waals surface area (Å²) in [5, 5.41) is 8.87. The van der Waals surface area contributed by atoms with E-state index in [4.69, 9.17) is 5.11 Å². The summed E-state index contributed by atoms with van der Waals surface area (Å²) in [6.07, 6.45) is 0. The van der Waals surface area contributed by atoms with Crippen LogP contribution >= 0.6 is 11.3 Å². The number of fused-ring (bicyclic) bond motifs is 1. The van der Waals surface area contributed by atoms with Gasteiger partial charge in [-0.1, -0.05) is 24.3 Å². The first-order valence-electron chi connectivity index (χ1n) is 5.84. The molecule has 0 bridgehead atoms. The number of benzene rings is 1. The molecule has 5 heteroatoms. The lowest BCUT2D eigenvalue weighted by Crippen LogP contribution is -2.24. The molecule has 0 fully saturated rings. The van der Waals surface area contributed by atoms with Crippen molar-refractivity contribution < 1.29 is 14.7 Å². The fraction of sp³-hybridized carbons (Fsp3) is 0.143. The normalized spacial score (nSPS) is 13.4. The minimum atomic E-state index is -0.992. The van der Waals surface area contributed by atoms with E-state index in [2.05, 4.69) is 0 Å². The molecule has 96 valence electrons. The van der Waals surface area contributed by atoms with Gasteiger partial charge in [0.05, 0.1) is 4.88 Å². The van der Waals surface area contributed by atoms with E-state index in [1.165, 1.54) is 6.07 Å². The first kappa shape index (κ1) is 11.9. The van der Waals surface area contributed by atoms with Gasteiger partial charge in [-0.3, -0.25) is 4.79 Å². The second-order valence-corrected chi connectivity index (χ2v) is 5.48. The highest BCUT2D eigenvalue weighted by molar-refractivity contribution is 7.15. The summed E-state index contributed by atoms with van der Waals surface area (Å²) in [7, 11) is 0. The topological polar surface area (TPSA) is 57.6 Å². The molecule has 1 amide bonds. The Bertz CT molecular complexity index is 637. The number of hydrogen-bond acceptors (Lipinski definition) is 3. The van der Waals surface area contributed by atoms with Gasteiger partial charge in [0.2, 0.25) is 0 Å². The molecule has 19 heavy (non-hydrogen) atoms. The highest BCUT2D eigenvalue weighted by atomic mass is 32.1. The summed E-state index contributed by atoms with van der Waals surface area (Å²) >= 11 is 1.02. The van der Waals surface area contributed by atoms with Crippen LogP contribution in [-0.4, -0.2) is 21.9 Å². The number of carboxylic acids is 1. The standard InChI is InChI=1S/C14H11NO3S/c16-13(11-5-6-12(19-11)14(17)18)15-7-9-3-1-2-4-10(9)8-15/h1-6H,7-8H2,(H,17,18). The Kier molecular flexibility index (Phi) is 2.83. The third kappa shape index (κ3) is 2.13. The molecule has 0 spiro atoms. The molecule has 1 N–H and O–H groups in total.